The van der Waals surface area contributed by atoms with Gasteiger partial charge in [-0.15, -0.1) is 0 Å². The van der Waals surface area contributed by atoms with Crippen LogP contribution < -0.4 is 15.5 Å². The highest BCUT2D eigenvalue weighted by atomic mass is 19.1. The molecule has 10 nitrogen and oxygen atoms in total. The molecule has 0 radical (unpaired) electrons. The number of anilines is 1. The molecule has 0 saturated carbocycles. The van der Waals surface area contributed by atoms with Crippen LogP contribution in [0.5, 0.6) is 5.75 Å². The van der Waals surface area contributed by atoms with E-state index in [0.717, 1.165) is 16.7 Å². The highest BCUT2D eigenvalue weighted by Crippen LogP contribution is 2.34. The molecule has 1 N–H and O–H groups in total. The van der Waals surface area contributed by atoms with Crippen molar-refractivity contribution < 1.29 is 37.4 Å². The minimum Gasteiger partial charge on any atom is -0.450 e. The van der Waals surface area contributed by atoms with Gasteiger partial charge in [0.25, 0.3) is 0 Å². The van der Waals surface area contributed by atoms with Crippen molar-refractivity contribution >= 4 is 34.7 Å². The van der Waals surface area contributed by atoms with Gasteiger partial charge in [0.05, 0.1) is 41.1 Å². The van der Waals surface area contributed by atoms with E-state index < -0.39 is 40.6 Å². The SMILES string of the molecule is CCOC(=O)Nc1cc(OC(=O)c2cccnc2)ccc1-c1cc(=O)c2c(F)cc(F)cc2n1C(=O)OCC. The Hall–Kier alpha value is -5.13. The Morgan fingerprint density at radius 3 is 2.46 bits per heavy atom. The molecule has 0 fully saturated rings. The summed E-state index contributed by atoms with van der Waals surface area (Å²) in [5.41, 5.74) is -1.22. The maximum absolute atomic E-state index is 14.6. The van der Waals surface area contributed by atoms with Crippen molar-refractivity contribution in [2.75, 3.05) is 18.5 Å². The zero-order valence-corrected chi connectivity index (χ0v) is 20.7. The van der Waals surface area contributed by atoms with Crippen molar-refractivity contribution in [3.8, 4) is 17.0 Å². The Labute approximate surface area is 219 Å². The Kier molecular flexibility index (Phi) is 7.94. The average molecular weight is 537 g/mol. The molecule has 0 aliphatic heterocycles. The Balaban J connectivity index is 1.93. The highest BCUT2D eigenvalue weighted by molar-refractivity contribution is 5.98. The summed E-state index contributed by atoms with van der Waals surface area (Å²) in [6.45, 7) is 3.06. The molecule has 39 heavy (non-hydrogen) atoms. The standard InChI is InChI=1S/C27H21F2N3O7/c1-3-37-26(35)31-20-12-17(39-25(34)15-6-5-9-30-14-15)7-8-18(20)21-13-23(33)24-19(29)10-16(28)11-22(24)32(21)27(36)38-4-2/h5-14H,3-4H2,1-2H3,(H,31,35). The maximum atomic E-state index is 14.6. The first-order valence-electron chi connectivity index (χ1n) is 11.7. The van der Waals surface area contributed by atoms with E-state index in [4.69, 9.17) is 14.2 Å². The summed E-state index contributed by atoms with van der Waals surface area (Å²) in [4.78, 5) is 54.6. The van der Waals surface area contributed by atoms with E-state index in [-0.39, 0.29) is 47.0 Å². The fourth-order valence-electron chi connectivity index (χ4n) is 3.79. The quantitative estimate of drug-likeness (QED) is 0.265. The number of aromatic nitrogens is 2. The Bertz CT molecular complexity index is 1640. The normalized spacial score (nSPS) is 10.7. The second-order valence-corrected chi connectivity index (χ2v) is 7.89. The van der Waals surface area contributed by atoms with E-state index in [0.29, 0.717) is 6.07 Å². The average Bonchev–Trinajstić information content (AvgIpc) is 2.89. The topological polar surface area (TPSA) is 126 Å². The number of esters is 1. The van der Waals surface area contributed by atoms with Gasteiger partial charge < -0.3 is 14.2 Å². The van der Waals surface area contributed by atoms with E-state index in [9.17, 15) is 28.0 Å². The zero-order valence-electron chi connectivity index (χ0n) is 20.7. The molecule has 4 aromatic rings. The summed E-state index contributed by atoms with van der Waals surface area (Å²) in [6.07, 6.45) is 0.867. The second-order valence-electron chi connectivity index (χ2n) is 7.89. The van der Waals surface area contributed by atoms with E-state index in [2.05, 4.69) is 10.3 Å². The number of pyridine rings is 2. The van der Waals surface area contributed by atoms with Crippen molar-refractivity contribution in [2.24, 2.45) is 0 Å². The summed E-state index contributed by atoms with van der Waals surface area (Å²) in [6, 6.07) is 9.29. The van der Waals surface area contributed by atoms with Crippen molar-refractivity contribution in [1.82, 2.24) is 9.55 Å². The predicted octanol–water partition coefficient (Wildman–Crippen LogP) is 5.13. The first-order chi connectivity index (χ1) is 18.7. The third-order valence-corrected chi connectivity index (χ3v) is 5.37. The minimum absolute atomic E-state index is 0.0117. The molecule has 12 heteroatoms. The molecule has 0 atom stereocenters. The highest BCUT2D eigenvalue weighted by Gasteiger charge is 2.23. The van der Waals surface area contributed by atoms with E-state index in [1.165, 1.54) is 43.6 Å². The maximum Gasteiger partial charge on any atom is 0.418 e. The number of halogens is 2. The molecule has 2 heterocycles. The molecule has 0 unspecified atom stereocenters. The van der Waals surface area contributed by atoms with Gasteiger partial charge in [0.15, 0.2) is 5.43 Å². The number of nitrogens with zero attached hydrogens (tertiary/aromatic N) is 2. The molecule has 0 saturated heterocycles. The number of fused-ring (bicyclic) bond motifs is 1. The van der Waals surface area contributed by atoms with Gasteiger partial charge >= 0.3 is 18.2 Å². The van der Waals surface area contributed by atoms with Crippen LogP contribution in [-0.4, -0.2) is 40.9 Å². The van der Waals surface area contributed by atoms with Crippen LogP contribution in [-0.2, 0) is 9.47 Å². The number of nitrogens with one attached hydrogen (secondary N) is 1. The van der Waals surface area contributed by atoms with Crippen LogP contribution in [0.2, 0.25) is 0 Å². The smallest absolute Gasteiger partial charge is 0.418 e. The Morgan fingerprint density at radius 2 is 1.77 bits per heavy atom. The van der Waals surface area contributed by atoms with Gasteiger partial charge in [-0.25, -0.2) is 27.7 Å². The van der Waals surface area contributed by atoms with Gasteiger partial charge in [0, 0.05) is 36.2 Å². The van der Waals surface area contributed by atoms with Crippen molar-refractivity contribution in [2.45, 2.75) is 13.8 Å². The largest absolute Gasteiger partial charge is 0.450 e. The van der Waals surface area contributed by atoms with E-state index >= 15 is 0 Å². The number of hydrogen-bond donors (Lipinski definition) is 1. The Morgan fingerprint density at radius 1 is 1.00 bits per heavy atom. The van der Waals surface area contributed by atoms with Crippen LogP contribution in [0.25, 0.3) is 22.2 Å². The van der Waals surface area contributed by atoms with E-state index in [1.54, 1.807) is 13.0 Å². The van der Waals surface area contributed by atoms with Gasteiger partial charge in [-0.1, -0.05) is 0 Å². The fourth-order valence-corrected chi connectivity index (χ4v) is 3.79. The summed E-state index contributed by atoms with van der Waals surface area (Å²) < 4.78 is 45.0. The molecular weight excluding hydrogens is 516 g/mol. The van der Waals surface area contributed by atoms with Crippen LogP contribution in [0, 0.1) is 11.6 Å². The molecule has 0 aliphatic rings. The monoisotopic (exact) mass is 537 g/mol. The first-order valence-corrected chi connectivity index (χ1v) is 11.7. The number of hydrogen-bond acceptors (Lipinski definition) is 8. The lowest BCUT2D eigenvalue weighted by Gasteiger charge is -2.19. The van der Waals surface area contributed by atoms with Crippen LogP contribution >= 0.6 is 0 Å². The third-order valence-electron chi connectivity index (χ3n) is 5.37. The number of benzene rings is 2. The molecule has 1 amide bonds. The van der Waals surface area contributed by atoms with Gasteiger partial charge in [-0.2, -0.15) is 0 Å². The van der Waals surface area contributed by atoms with Gasteiger partial charge in [0.1, 0.15) is 17.4 Å². The van der Waals surface area contributed by atoms with Crippen LogP contribution in [0.1, 0.15) is 24.2 Å². The summed E-state index contributed by atoms with van der Waals surface area (Å²) in [7, 11) is 0. The lowest BCUT2D eigenvalue weighted by atomic mass is 10.0. The molecule has 0 aliphatic carbocycles. The lowest BCUT2D eigenvalue weighted by molar-refractivity contribution is 0.0734. The molecule has 4 rings (SSSR count). The van der Waals surface area contributed by atoms with Crippen LogP contribution in [0.3, 0.4) is 0 Å². The molecule has 0 spiro atoms. The molecule has 200 valence electrons. The number of amides is 1. The number of ether oxygens (including phenoxy) is 3. The van der Waals surface area contributed by atoms with Crippen LogP contribution in [0.15, 0.2) is 65.7 Å². The number of carbonyl (C=O) groups excluding carboxylic acids is 3. The minimum atomic E-state index is -1.16. The molecule has 2 aromatic heterocycles. The summed E-state index contributed by atoms with van der Waals surface area (Å²) in [5.74, 6) is -2.94. The fraction of sp³-hybridized carbons (Fsp3) is 0.148. The second kappa shape index (κ2) is 11.5. The lowest BCUT2D eigenvalue weighted by Crippen LogP contribution is -2.22. The number of rotatable bonds is 6. The molecule has 2 aromatic carbocycles. The summed E-state index contributed by atoms with van der Waals surface area (Å²) >= 11 is 0. The van der Waals surface area contributed by atoms with E-state index in [1.807, 2.05) is 0 Å². The molecule has 0 bridgehead atoms. The van der Waals surface area contributed by atoms with Crippen molar-refractivity contribution in [3.05, 3.63) is 88.3 Å². The van der Waals surface area contributed by atoms with Crippen molar-refractivity contribution in [1.29, 1.82) is 0 Å². The predicted molar refractivity (Wildman–Crippen MR) is 136 cm³/mol. The third kappa shape index (κ3) is 5.74. The van der Waals surface area contributed by atoms with Gasteiger partial charge in [-0.3, -0.25) is 15.1 Å². The zero-order chi connectivity index (χ0) is 28.1. The summed E-state index contributed by atoms with van der Waals surface area (Å²) in [5, 5.41) is 1.94. The first kappa shape index (κ1) is 26.9. The van der Waals surface area contributed by atoms with Gasteiger partial charge in [-0.05, 0) is 44.2 Å². The van der Waals surface area contributed by atoms with Gasteiger partial charge in [0.2, 0.25) is 0 Å². The number of carbonyl (C=O) groups is 3. The molecular formula is C27H21F2N3O7. The van der Waals surface area contributed by atoms with Crippen LogP contribution in [0.4, 0.5) is 24.1 Å². The van der Waals surface area contributed by atoms with Crippen molar-refractivity contribution in [3.63, 3.8) is 0 Å².